The van der Waals surface area contributed by atoms with Gasteiger partial charge in [0.25, 0.3) is 5.60 Å². The van der Waals surface area contributed by atoms with Gasteiger partial charge in [0.1, 0.15) is 0 Å². The van der Waals surface area contributed by atoms with Crippen LogP contribution in [0.5, 0.6) is 0 Å². The molecule has 2 aromatic rings. The fraction of sp³-hybridized carbons (Fsp3) is 0.250. The van der Waals surface area contributed by atoms with Crippen LogP contribution in [0.3, 0.4) is 0 Å². The fourth-order valence-corrected chi connectivity index (χ4v) is 2.92. The first kappa shape index (κ1) is 19.5. The van der Waals surface area contributed by atoms with Crippen LogP contribution in [0, 0.1) is 0 Å². The summed E-state index contributed by atoms with van der Waals surface area (Å²) in [6.07, 6.45) is -11.8. The molecule has 0 saturated carbocycles. The number of nitrogens with zero attached hydrogens (tertiary/aromatic N) is 1. The van der Waals surface area contributed by atoms with Crippen LogP contribution in [-0.4, -0.2) is 24.5 Å². The maximum absolute atomic E-state index is 13.0. The summed E-state index contributed by atoms with van der Waals surface area (Å²) in [6, 6.07) is 12.4. The third-order valence-electron chi connectivity index (χ3n) is 3.43. The van der Waals surface area contributed by atoms with E-state index in [-0.39, 0.29) is 5.69 Å². The van der Waals surface area contributed by atoms with Crippen molar-refractivity contribution in [3.63, 3.8) is 0 Å². The van der Waals surface area contributed by atoms with Gasteiger partial charge in [-0.25, -0.2) is 0 Å². The highest BCUT2D eigenvalue weighted by molar-refractivity contribution is 8.00. The smallest absolute Gasteiger partial charge is 0.369 e. The highest BCUT2D eigenvalue weighted by Crippen LogP contribution is 2.50. The Balaban J connectivity index is 2.40. The molecule has 0 radical (unpaired) electrons. The van der Waals surface area contributed by atoms with Crippen molar-refractivity contribution in [3.8, 4) is 0 Å². The van der Waals surface area contributed by atoms with Crippen molar-refractivity contribution >= 4 is 17.6 Å². The molecule has 0 aromatic heterocycles. The third kappa shape index (κ3) is 3.87. The normalized spacial score (nSPS) is 13.0. The van der Waals surface area contributed by atoms with Crippen LogP contribution in [-0.2, 0) is 5.60 Å². The second kappa shape index (κ2) is 6.80. The highest BCUT2D eigenvalue weighted by Gasteiger charge is 2.71. The van der Waals surface area contributed by atoms with Gasteiger partial charge < -0.3 is 9.41 Å². The van der Waals surface area contributed by atoms with Gasteiger partial charge in [-0.3, -0.25) is 0 Å². The molecule has 0 unspecified atom stereocenters. The van der Waals surface area contributed by atoms with Crippen molar-refractivity contribution in [2.24, 2.45) is 0 Å². The molecule has 0 heterocycles. The van der Waals surface area contributed by atoms with E-state index in [4.69, 9.17) is 0 Å². The summed E-state index contributed by atoms with van der Waals surface area (Å²) in [7, 11) is 1.50. The minimum Gasteiger partial charge on any atom is -0.369 e. The van der Waals surface area contributed by atoms with Gasteiger partial charge in [0.05, 0.1) is 0 Å². The largest absolute Gasteiger partial charge is 0.430 e. The van der Waals surface area contributed by atoms with E-state index in [9.17, 15) is 31.4 Å². The van der Waals surface area contributed by atoms with Crippen LogP contribution in [0.15, 0.2) is 59.5 Å². The molecule has 136 valence electrons. The summed E-state index contributed by atoms with van der Waals surface area (Å²) in [5, 5.41) is 9.48. The van der Waals surface area contributed by atoms with Gasteiger partial charge in [0.2, 0.25) is 0 Å². The van der Waals surface area contributed by atoms with Crippen LogP contribution in [0.2, 0.25) is 0 Å². The second-order valence-electron chi connectivity index (χ2n) is 5.16. The van der Waals surface area contributed by atoms with Crippen LogP contribution in [0.4, 0.5) is 32.0 Å². The van der Waals surface area contributed by atoms with Gasteiger partial charge in [-0.15, -0.1) is 0 Å². The Bertz CT molecular complexity index is 703. The number of hydrogen-bond acceptors (Lipinski definition) is 3. The van der Waals surface area contributed by atoms with Gasteiger partial charge in [0, 0.05) is 23.2 Å². The van der Waals surface area contributed by atoms with Gasteiger partial charge in [-0.1, -0.05) is 30.3 Å². The van der Waals surface area contributed by atoms with E-state index < -0.39 is 23.5 Å². The molecule has 25 heavy (non-hydrogen) atoms. The summed E-state index contributed by atoms with van der Waals surface area (Å²) >= 11 is 1.12. The Morgan fingerprint density at radius 3 is 1.92 bits per heavy atom. The molecule has 0 aliphatic heterocycles. The summed E-state index contributed by atoms with van der Waals surface area (Å²) in [5.41, 5.74) is -6.14. The van der Waals surface area contributed by atoms with Gasteiger partial charge in [0.15, 0.2) is 0 Å². The average molecular weight is 381 g/mol. The van der Waals surface area contributed by atoms with Crippen molar-refractivity contribution < 1.29 is 31.4 Å². The van der Waals surface area contributed by atoms with Gasteiger partial charge >= 0.3 is 12.4 Å². The van der Waals surface area contributed by atoms with Crippen molar-refractivity contribution in [1.82, 2.24) is 0 Å². The van der Waals surface area contributed by atoms with Crippen molar-refractivity contribution in [2.45, 2.75) is 22.8 Å². The molecule has 0 aliphatic rings. The maximum Gasteiger partial charge on any atom is 0.430 e. The molecule has 0 amide bonds. The molecule has 1 N–H and O–H groups in total. The van der Waals surface area contributed by atoms with Crippen LogP contribution in [0.1, 0.15) is 5.56 Å². The molecule has 0 saturated heterocycles. The summed E-state index contributed by atoms with van der Waals surface area (Å²) in [6.45, 7) is 0. The first-order valence-electron chi connectivity index (χ1n) is 6.90. The summed E-state index contributed by atoms with van der Waals surface area (Å²) < 4.78 is 79.3. The Morgan fingerprint density at radius 1 is 0.840 bits per heavy atom. The molecule has 0 atom stereocenters. The summed E-state index contributed by atoms with van der Waals surface area (Å²) in [4.78, 5) is 0.748. The zero-order valence-electron chi connectivity index (χ0n) is 12.8. The average Bonchev–Trinajstić information content (AvgIpc) is 2.53. The van der Waals surface area contributed by atoms with E-state index in [1.807, 2.05) is 0 Å². The number of alkyl halides is 6. The minimum atomic E-state index is -5.91. The summed E-state index contributed by atoms with van der Waals surface area (Å²) in [5.74, 6) is 0. The zero-order chi connectivity index (χ0) is 18.9. The molecule has 0 aliphatic carbocycles. The lowest BCUT2D eigenvalue weighted by Gasteiger charge is -2.33. The lowest BCUT2D eigenvalue weighted by atomic mass is 9.92. The first-order valence-corrected chi connectivity index (χ1v) is 7.67. The maximum atomic E-state index is 13.0. The Kier molecular flexibility index (Phi) is 5.29. The standard InChI is InChI=1S/C16H13F6NOS/c1-23(25-13-8-3-2-4-9-13)12-7-5-6-11(10-12)14(24,15(17,18)19)16(20,21)22/h2-10,24H,1H3. The van der Waals surface area contributed by atoms with E-state index in [1.54, 1.807) is 30.3 Å². The monoisotopic (exact) mass is 381 g/mol. The van der Waals surface area contributed by atoms with Crippen LogP contribution in [0.25, 0.3) is 0 Å². The molecular weight excluding hydrogens is 368 g/mol. The second-order valence-corrected chi connectivity index (χ2v) is 6.36. The predicted molar refractivity (Wildman–Crippen MR) is 83.2 cm³/mol. The Hall–Kier alpha value is -1.87. The molecule has 0 spiro atoms. The molecule has 0 bridgehead atoms. The van der Waals surface area contributed by atoms with E-state index in [1.165, 1.54) is 17.4 Å². The lowest BCUT2D eigenvalue weighted by Crippen LogP contribution is -2.53. The molecular formula is C16H13F6NOS. The SMILES string of the molecule is CN(Sc1ccccc1)c1cccc(C(O)(C(F)(F)F)C(F)(F)F)c1. The number of hydrogen-bond donors (Lipinski definition) is 1. The molecule has 2 nitrogen and oxygen atoms in total. The topological polar surface area (TPSA) is 23.5 Å². The van der Waals surface area contributed by atoms with E-state index in [0.29, 0.717) is 12.1 Å². The van der Waals surface area contributed by atoms with Gasteiger partial charge in [-0.2, -0.15) is 26.3 Å². The predicted octanol–water partition coefficient (Wildman–Crippen LogP) is 5.14. The van der Waals surface area contributed by atoms with Crippen molar-refractivity contribution in [1.29, 1.82) is 0 Å². The minimum absolute atomic E-state index is 0.0817. The number of anilines is 1. The zero-order valence-corrected chi connectivity index (χ0v) is 13.6. The number of benzene rings is 2. The molecule has 2 aromatic carbocycles. The Labute approximate surface area is 144 Å². The van der Waals surface area contributed by atoms with E-state index >= 15 is 0 Å². The molecule has 2 rings (SSSR count). The Morgan fingerprint density at radius 2 is 1.40 bits per heavy atom. The number of aliphatic hydroxyl groups is 1. The van der Waals surface area contributed by atoms with E-state index in [2.05, 4.69) is 0 Å². The van der Waals surface area contributed by atoms with Crippen molar-refractivity contribution in [3.05, 3.63) is 60.2 Å². The third-order valence-corrected chi connectivity index (χ3v) is 4.40. The van der Waals surface area contributed by atoms with Crippen LogP contribution < -0.4 is 4.31 Å². The number of rotatable bonds is 4. The van der Waals surface area contributed by atoms with Gasteiger partial charge in [-0.05, 0) is 36.2 Å². The molecule has 9 heteroatoms. The lowest BCUT2D eigenvalue weighted by molar-refractivity contribution is -0.376. The fourth-order valence-electron chi connectivity index (χ4n) is 2.11. The van der Waals surface area contributed by atoms with Crippen LogP contribution >= 0.6 is 11.9 Å². The first-order chi connectivity index (χ1) is 11.5. The quantitative estimate of drug-likeness (QED) is 0.586. The van der Waals surface area contributed by atoms with Crippen molar-refractivity contribution in [2.75, 3.05) is 11.4 Å². The van der Waals surface area contributed by atoms with E-state index in [0.717, 1.165) is 22.9 Å². The molecule has 0 fully saturated rings. The highest BCUT2D eigenvalue weighted by atomic mass is 32.2. The number of halogens is 6.